The highest BCUT2D eigenvalue weighted by atomic mass is 35.5. The predicted molar refractivity (Wildman–Crippen MR) is 67.3 cm³/mol. The van der Waals surface area contributed by atoms with Gasteiger partial charge in [-0.1, -0.05) is 23.7 Å². The van der Waals surface area contributed by atoms with Gasteiger partial charge in [0.05, 0.1) is 11.2 Å². The fourth-order valence-corrected chi connectivity index (χ4v) is 2.03. The topological polar surface area (TPSA) is 59.2 Å². The smallest absolute Gasteiger partial charge is 0.153 e. The Hall–Kier alpha value is -1.91. The molecule has 1 unspecified atom stereocenters. The Morgan fingerprint density at radius 3 is 2.83 bits per heavy atom. The number of benzene rings is 1. The maximum Gasteiger partial charge on any atom is 0.153 e. The molecule has 0 radical (unpaired) electrons. The van der Waals surface area contributed by atoms with Gasteiger partial charge in [-0.2, -0.15) is 10.2 Å². The van der Waals surface area contributed by atoms with E-state index in [4.69, 9.17) is 16.0 Å². The molecule has 18 heavy (non-hydrogen) atoms. The van der Waals surface area contributed by atoms with Gasteiger partial charge in [0.25, 0.3) is 0 Å². The molecular formula is C13H9ClN2O2. The summed E-state index contributed by atoms with van der Waals surface area (Å²) in [5.74, 6) is 0.436. The van der Waals surface area contributed by atoms with Crippen LogP contribution in [0, 0.1) is 0 Å². The SMILES string of the molecule is OC(c1ccnnc1)c1cc2cccc(Cl)c2o1. The van der Waals surface area contributed by atoms with Crippen molar-refractivity contribution in [3.05, 3.63) is 59.1 Å². The number of aromatic nitrogens is 2. The quantitative estimate of drug-likeness (QED) is 0.770. The van der Waals surface area contributed by atoms with Gasteiger partial charge in [-0.3, -0.25) is 0 Å². The van der Waals surface area contributed by atoms with E-state index in [1.165, 1.54) is 12.4 Å². The third-order valence-corrected chi connectivity index (χ3v) is 3.01. The van der Waals surface area contributed by atoms with Crippen molar-refractivity contribution in [3.63, 3.8) is 0 Å². The number of hydrogen-bond donors (Lipinski definition) is 1. The van der Waals surface area contributed by atoms with E-state index in [9.17, 15) is 5.11 Å². The summed E-state index contributed by atoms with van der Waals surface area (Å²) in [5.41, 5.74) is 1.20. The van der Waals surface area contributed by atoms with E-state index in [0.717, 1.165) is 5.39 Å². The van der Waals surface area contributed by atoms with Crippen LogP contribution in [0.3, 0.4) is 0 Å². The van der Waals surface area contributed by atoms with Gasteiger partial charge in [0.2, 0.25) is 0 Å². The lowest BCUT2D eigenvalue weighted by Gasteiger charge is -2.05. The van der Waals surface area contributed by atoms with E-state index >= 15 is 0 Å². The van der Waals surface area contributed by atoms with Crippen LogP contribution in [0.5, 0.6) is 0 Å². The van der Waals surface area contributed by atoms with E-state index in [-0.39, 0.29) is 0 Å². The van der Waals surface area contributed by atoms with Crippen molar-refractivity contribution in [2.45, 2.75) is 6.10 Å². The second kappa shape index (κ2) is 4.40. The highest BCUT2D eigenvalue weighted by molar-refractivity contribution is 6.34. The monoisotopic (exact) mass is 260 g/mol. The molecule has 2 aromatic heterocycles. The van der Waals surface area contributed by atoms with Gasteiger partial charge in [-0.05, 0) is 18.2 Å². The zero-order valence-corrected chi connectivity index (χ0v) is 10.0. The molecule has 0 saturated carbocycles. The Balaban J connectivity index is 2.07. The Bertz CT molecular complexity index is 682. The van der Waals surface area contributed by atoms with Crippen molar-refractivity contribution < 1.29 is 9.52 Å². The molecule has 5 heteroatoms. The zero-order chi connectivity index (χ0) is 12.5. The van der Waals surface area contributed by atoms with Crippen molar-refractivity contribution in [1.82, 2.24) is 10.2 Å². The summed E-state index contributed by atoms with van der Waals surface area (Å²) in [7, 11) is 0. The number of para-hydroxylation sites is 1. The van der Waals surface area contributed by atoms with Crippen LogP contribution >= 0.6 is 11.6 Å². The fourth-order valence-electron chi connectivity index (χ4n) is 1.81. The van der Waals surface area contributed by atoms with E-state index in [1.807, 2.05) is 12.1 Å². The molecule has 0 saturated heterocycles. The van der Waals surface area contributed by atoms with Gasteiger partial charge in [0.15, 0.2) is 5.58 Å². The van der Waals surface area contributed by atoms with E-state index < -0.39 is 6.10 Å². The molecule has 2 heterocycles. The summed E-state index contributed by atoms with van der Waals surface area (Å²) in [6, 6.07) is 8.92. The van der Waals surface area contributed by atoms with Crippen LogP contribution in [0.4, 0.5) is 0 Å². The number of nitrogens with zero attached hydrogens (tertiary/aromatic N) is 2. The average molecular weight is 261 g/mol. The molecule has 1 N–H and O–H groups in total. The Morgan fingerprint density at radius 1 is 1.22 bits per heavy atom. The van der Waals surface area contributed by atoms with Gasteiger partial charge < -0.3 is 9.52 Å². The Labute approximate surface area is 108 Å². The first kappa shape index (κ1) is 11.2. The van der Waals surface area contributed by atoms with Crippen molar-refractivity contribution in [1.29, 1.82) is 0 Å². The lowest BCUT2D eigenvalue weighted by atomic mass is 10.1. The first-order valence-electron chi connectivity index (χ1n) is 5.38. The molecule has 1 atom stereocenters. The van der Waals surface area contributed by atoms with Crippen LogP contribution in [0.15, 0.2) is 47.1 Å². The van der Waals surface area contributed by atoms with Gasteiger partial charge >= 0.3 is 0 Å². The number of halogens is 1. The molecule has 4 nitrogen and oxygen atoms in total. The van der Waals surface area contributed by atoms with Crippen LogP contribution in [-0.2, 0) is 0 Å². The summed E-state index contributed by atoms with van der Waals surface area (Å²) >= 11 is 6.02. The number of aliphatic hydroxyl groups is 1. The normalized spacial score (nSPS) is 12.8. The molecule has 1 aromatic carbocycles. The minimum Gasteiger partial charge on any atom is -0.456 e. The van der Waals surface area contributed by atoms with Crippen LogP contribution in [0.25, 0.3) is 11.0 Å². The molecule has 0 aliphatic rings. The number of hydrogen-bond acceptors (Lipinski definition) is 4. The third kappa shape index (κ3) is 1.85. The number of rotatable bonds is 2. The third-order valence-electron chi connectivity index (χ3n) is 2.71. The molecule has 3 rings (SSSR count). The summed E-state index contributed by atoms with van der Waals surface area (Å²) in [6.45, 7) is 0. The van der Waals surface area contributed by atoms with Crippen molar-refractivity contribution in [2.24, 2.45) is 0 Å². The second-order valence-corrected chi connectivity index (χ2v) is 4.29. The number of furan rings is 1. The number of aliphatic hydroxyl groups excluding tert-OH is 1. The molecule has 0 bridgehead atoms. The molecule has 90 valence electrons. The van der Waals surface area contributed by atoms with Crippen LogP contribution in [0.2, 0.25) is 5.02 Å². The molecule has 0 fully saturated rings. The van der Waals surface area contributed by atoms with E-state index in [1.54, 1.807) is 18.2 Å². The van der Waals surface area contributed by atoms with Gasteiger partial charge in [-0.25, -0.2) is 0 Å². The van der Waals surface area contributed by atoms with Crippen molar-refractivity contribution >= 4 is 22.6 Å². The summed E-state index contributed by atoms with van der Waals surface area (Å²) < 4.78 is 5.58. The lowest BCUT2D eigenvalue weighted by molar-refractivity contribution is 0.191. The zero-order valence-electron chi connectivity index (χ0n) is 9.25. The fraction of sp³-hybridized carbons (Fsp3) is 0.0769. The molecule has 0 aliphatic carbocycles. The Morgan fingerprint density at radius 2 is 2.11 bits per heavy atom. The largest absolute Gasteiger partial charge is 0.456 e. The molecule has 0 aliphatic heterocycles. The maximum absolute atomic E-state index is 10.2. The average Bonchev–Trinajstić information content (AvgIpc) is 2.84. The summed E-state index contributed by atoms with van der Waals surface area (Å²) in [5, 5.41) is 19.0. The van der Waals surface area contributed by atoms with Crippen LogP contribution in [-0.4, -0.2) is 15.3 Å². The lowest BCUT2D eigenvalue weighted by Crippen LogP contribution is -1.98. The molecule has 0 spiro atoms. The molecule has 3 aromatic rings. The minimum absolute atomic E-state index is 0.436. The van der Waals surface area contributed by atoms with Crippen LogP contribution < -0.4 is 0 Å². The summed E-state index contributed by atoms with van der Waals surface area (Å²) in [4.78, 5) is 0. The Kier molecular flexibility index (Phi) is 2.74. The predicted octanol–water partition coefficient (Wildman–Crippen LogP) is 2.96. The first-order valence-corrected chi connectivity index (χ1v) is 5.76. The van der Waals surface area contributed by atoms with Crippen molar-refractivity contribution in [2.75, 3.05) is 0 Å². The number of fused-ring (bicyclic) bond motifs is 1. The second-order valence-electron chi connectivity index (χ2n) is 3.89. The highest BCUT2D eigenvalue weighted by Gasteiger charge is 2.16. The van der Waals surface area contributed by atoms with Gasteiger partial charge in [0.1, 0.15) is 11.9 Å². The van der Waals surface area contributed by atoms with E-state index in [0.29, 0.717) is 21.9 Å². The molecular weight excluding hydrogens is 252 g/mol. The maximum atomic E-state index is 10.2. The summed E-state index contributed by atoms with van der Waals surface area (Å²) in [6.07, 6.45) is 2.15. The van der Waals surface area contributed by atoms with Gasteiger partial charge in [0, 0.05) is 17.1 Å². The highest BCUT2D eigenvalue weighted by Crippen LogP contribution is 2.31. The minimum atomic E-state index is -0.871. The van der Waals surface area contributed by atoms with Crippen molar-refractivity contribution in [3.8, 4) is 0 Å². The van der Waals surface area contributed by atoms with E-state index in [2.05, 4.69) is 10.2 Å². The van der Waals surface area contributed by atoms with Gasteiger partial charge in [-0.15, -0.1) is 0 Å². The first-order chi connectivity index (χ1) is 8.75. The molecule has 0 amide bonds. The standard InChI is InChI=1S/C13H9ClN2O2/c14-10-3-1-2-8-6-11(18-13(8)10)12(17)9-4-5-15-16-7-9/h1-7,12,17H. The van der Waals surface area contributed by atoms with Crippen LogP contribution in [0.1, 0.15) is 17.4 Å².